The molecule has 1 aliphatic carbocycles. The summed E-state index contributed by atoms with van der Waals surface area (Å²) in [5.41, 5.74) is 0. The van der Waals surface area contributed by atoms with Gasteiger partial charge in [-0.1, -0.05) is 0 Å². The van der Waals surface area contributed by atoms with Crippen LogP contribution in [0.5, 0.6) is 0 Å². The Kier molecular flexibility index (Phi) is 2.96. The normalized spacial score (nSPS) is 38.4. The number of morpholine rings is 1. The lowest BCUT2D eigenvalue weighted by molar-refractivity contribution is 0.0113. The molecule has 0 unspecified atom stereocenters. The van der Waals surface area contributed by atoms with Crippen LogP contribution in [-0.2, 0) is 4.74 Å². The lowest BCUT2D eigenvalue weighted by Gasteiger charge is -2.26. The van der Waals surface area contributed by atoms with Crippen molar-refractivity contribution in [2.75, 3.05) is 13.2 Å². The average Bonchev–Trinajstić information content (AvgIpc) is 2.33. The molecule has 2 fully saturated rings. The van der Waals surface area contributed by atoms with Crippen LogP contribution in [0.3, 0.4) is 0 Å². The summed E-state index contributed by atoms with van der Waals surface area (Å²) >= 11 is 0. The van der Waals surface area contributed by atoms with Crippen molar-refractivity contribution >= 4 is 12.4 Å². The first-order valence-electron chi connectivity index (χ1n) is 3.82. The van der Waals surface area contributed by atoms with E-state index in [2.05, 4.69) is 5.32 Å². The van der Waals surface area contributed by atoms with Crippen LogP contribution >= 0.6 is 12.4 Å². The molecule has 2 atom stereocenters. The fourth-order valence-electron chi connectivity index (χ4n) is 1.81. The van der Waals surface area contributed by atoms with Gasteiger partial charge >= 0.3 is 0 Å². The molecule has 3 heteroatoms. The van der Waals surface area contributed by atoms with Crippen LogP contribution in [0.25, 0.3) is 0 Å². The highest BCUT2D eigenvalue weighted by Gasteiger charge is 2.29. The topological polar surface area (TPSA) is 21.3 Å². The van der Waals surface area contributed by atoms with E-state index in [1.807, 2.05) is 0 Å². The Bertz CT molecular complexity index is 97.8. The average molecular weight is 164 g/mol. The van der Waals surface area contributed by atoms with Crippen molar-refractivity contribution in [3.05, 3.63) is 0 Å². The number of fused-ring (bicyclic) bond motifs is 1. The van der Waals surface area contributed by atoms with Crippen LogP contribution in [0.15, 0.2) is 0 Å². The molecule has 1 N–H and O–H groups in total. The highest BCUT2D eigenvalue weighted by atomic mass is 35.5. The summed E-state index contributed by atoms with van der Waals surface area (Å²) in [6, 6.07) is 0.693. The molecule has 2 rings (SSSR count). The predicted molar refractivity (Wildman–Crippen MR) is 42.6 cm³/mol. The van der Waals surface area contributed by atoms with E-state index in [1.165, 1.54) is 19.3 Å². The summed E-state index contributed by atoms with van der Waals surface area (Å²) in [7, 11) is 0. The number of rotatable bonds is 0. The van der Waals surface area contributed by atoms with E-state index in [9.17, 15) is 0 Å². The minimum absolute atomic E-state index is 0. The van der Waals surface area contributed by atoms with Crippen LogP contribution in [0.4, 0.5) is 0 Å². The maximum absolute atomic E-state index is 5.54. The van der Waals surface area contributed by atoms with Gasteiger partial charge < -0.3 is 10.1 Å². The standard InChI is InChI=1S/C7H13NO.ClH/c1-2-6-7(3-1)9-5-4-8-6;/h6-8H,1-5H2;1H/t6-,7+;/m1./s1. The maximum Gasteiger partial charge on any atom is 0.0728 e. The van der Waals surface area contributed by atoms with E-state index in [4.69, 9.17) is 4.74 Å². The predicted octanol–water partition coefficient (Wildman–Crippen LogP) is 0.949. The summed E-state index contributed by atoms with van der Waals surface area (Å²) in [6.45, 7) is 1.97. The fraction of sp³-hybridized carbons (Fsp3) is 1.00. The van der Waals surface area contributed by atoms with E-state index in [1.54, 1.807) is 0 Å². The number of ether oxygens (including phenoxy) is 1. The van der Waals surface area contributed by atoms with Gasteiger partial charge in [0.2, 0.25) is 0 Å². The first kappa shape index (κ1) is 8.31. The van der Waals surface area contributed by atoms with E-state index in [-0.39, 0.29) is 12.4 Å². The molecule has 1 heterocycles. The maximum atomic E-state index is 5.54. The van der Waals surface area contributed by atoms with E-state index >= 15 is 0 Å². The number of nitrogens with one attached hydrogen (secondary N) is 1. The molecule has 0 bridgehead atoms. The summed E-state index contributed by atoms with van der Waals surface area (Å²) in [4.78, 5) is 0. The molecular formula is C7H14ClNO. The van der Waals surface area contributed by atoms with Gasteiger partial charge in [-0.2, -0.15) is 0 Å². The van der Waals surface area contributed by atoms with Crippen molar-refractivity contribution < 1.29 is 4.74 Å². The summed E-state index contributed by atoms with van der Waals surface area (Å²) in [6.07, 6.45) is 4.50. The highest BCUT2D eigenvalue weighted by Crippen LogP contribution is 2.23. The number of hydrogen-bond acceptors (Lipinski definition) is 2. The van der Waals surface area contributed by atoms with Gasteiger partial charge in [-0.3, -0.25) is 0 Å². The van der Waals surface area contributed by atoms with Crippen molar-refractivity contribution in [1.82, 2.24) is 5.32 Å². The Morgan fingerprint density at radius 3 is 3.00 bits per heavy atom. The third kappa shape index (κ3) is 1.44. The number of halogens is 1. The Labute approximate surface area is 67.7 Å². The second-order valence-electron chi connectivity index (χ2n) is 2.90. The summed E-state index contributed by atoms with van der Waals surface area (Å²) < 4.78 is 5.54. The van der Waals surface area contributed by atoms with Crippen molar-refractivity contribution in [2.24, 2.45) is 0 Å². The molecule has 10 heavy (non-hydrogen) atoms. The summed E-state index contributed by atoms with van der Waals surface area (Å²) in [5.74, 6) is 0. The van der Waals surface area contributed by atoms with Gasteiger partial charge in [0, 0.05) is 12.6 Å². The Hall–Kier alpha value is 0.210. The van der Waals surface area contributed by atoms with E-state index in [0.29, 0.717) is 12.1 Å². The third-order valence-electron chi connectivity index (χ3n) is 2.29. The molecule has 0 aromatic carbocycles. The molecule has 0 radical (unpaired) electrons. The molecule has 2 aliphatic rings. The minimum Gasteiger partial charge on any atom is -0.375 e. The third-order valence-corrected chi connectivity index (χ3v) is 2.29. The lowest BCUT2D eigenvalue weighted by atomic mass is 10.2. The van der Waals surface area contributed by atoms with Crippen LogP contribution in [0.1, 0.15) is 19.3 Å². The minimum atomic E-state index is 0. The first-order valence-corrected chi connectivity index (χ1v) is 3.82. The van der Waals surface area contributed by atoms with Gasteiger partial charge in [-0.15, -0.1) is 12.4 Å². The van der Waals surface area contributed by atoms with Crippen LogP contribution in [-0.4, -0.2) is 25.3 Å². The SMILES string of the molecule is C1C[C@@H]2OCCN[C@@H]2C1.Cl. The Morgan fingerprint density at radius 1 is 1.30 bits per heavy atom. The smallest absolute Gasteiger partial charge is 0.0728 e. The van der Waals surface area contributed by atoms with E-state index < -0.39 is 0 Å². The number of hydrogen-bond donors (Lipinski definition) is 1. The van der Waals surface area contributed by atoms with Gasteiger partial charge in [0.1, 0.15) is 0 Å². The lowest BCUT2D eigenvalue weighted by Crippen LogP contribution is -2.44. The molecule has 2 nitrogen and oxygen atoms in total. The van der Waals surface area contributed by atoms with Crippen molar-refractivity contribution in [1.29, 1.82) is 0 Å². The molecule has 0 aromatic rings. The zero-order valence-corrected chi connectivity index (χ0v) is 6.82. The molecule has 60 valence electrons. The largest absolute Gasteiger partial charge is 0.375 e. The Balaban J connectivity index is 0.000000500. The van der Waals surface area contributed by atoms with Gasteiger partial charge in [0.25, 0.3) is 0 Å². The second kappa shape index (κ2) is 3.56. The van der Waals surface area contributed by atoms with E-state index in [0.717, 1.165) is 13.2 Å². The van der Waals surface area contributed by atoms with Crippen LogP contribution in [0.2, 0.25) is 0 Å². The first-order chi connectivity index (χ1) is 4.47. The second-order valence-corrected chi connectivity index (χ2v) is 2.90. The van der Waals surface area contributed by atoms with Crippen LogP contribution in [0, 0.1) is 0 Å². The van der Waals surface area contributed by atoms with Crippen molar-refractivity contribution in [3.63, 3.8) is 0 Å². The monoisotopic (exact) mass is 163 g/mol. The zero-order chi connectivity index (χ0) is 6.10. The zero-order valence-electron chi connectivity index (χ0n) is 6.01. The molecular weight excluding hydrogens is 150 g/mol. The molecule has 0 aromatic heterocycles. The van der Waals surface area contributed by atoms with Gasteiger partial charge in [0.15, 0.2) is 0 Å². The molecule has 1 saturated carbocycles. The fourth-order valence-corrected chi connectivity index (χ4v) is 1.81. The molecule has 0 amide bonds. The van der Waals surface area contributed by atoms with Crippen molar-refractivity contribution in [3.8, 4) is 0 Å². The molecule has 0 spiro atoms. The van der Waals surface area contributed by atoms with Crippen molar-refractivity contribution in [2.45, 2.75) is 31.4 Å². The molecule has 1 aliphatic heterocycles. The van der Waals surface area contributed by atoms with Gasteiger partial charge in [-0.25, -0.2) is 0 Å². The molecule has 1 saturated heterocycles. The quantitative estimate of drug-likeness (QED) is 0.574. The van der Waals surface area contributed by atoms with Crippen LogP contribution < -0.4 is 5.32 Å². The Morgan fingerprint density at radius 2 is 2.20 bits per heavy atom. The summed E-state index contributed by atoms with van der Waals surface area (Å²) in [5, 5.41) is 3.46. The van der Waals surface area contributed by atoms with Gasteiger partial charge in [-0.05, 0) is 19.3 Å². The highest BCUT2D eigenvalue weighted by molar-refractivity contribution is 5.85. The van der Waals surface area contributed by atoms with Gasteiger partial charge in [0.05, 0.1) is 12.7 Å².